The van der Waals surface area contributed by atoms with E-state index >= 15 is 0 Å². The molecular weight excluding hydrogens is 348 g/mol. The molecule has 0 atom stereocenters. The molecule has 7 heteroatoms. The summed E-state index contributed by atoms with van der Waals surface area (Å²) in [4.78, 5) is 0. The molecule has 0 bridgehead atoms. The van der Waals surface area contributed by atoms with Crippen molar-refractivity contribution in [2.75, 3.05) is 26.7 Å². The fourth-order valence-corrected chi connectivity index (χ4v) is 3.23. The summed E-state index contributed by atoms with van der Waals surface area (Å²) in [5.41, 5.74) is 0. The van der Waals surface area contributed by atoms with Gasteiger partial charge >= 0.3 is 21.7 Å². The van der Waals surface area contributed by atoms with Gasteiger partial charge in [-0.2, -0.15) is 36.4 Å². The predicted octanol–water partition coefficient (Wildman–Crippen LogP) is 3.61. The smallest absolute Gasteiger partial charge is 0.333 e. The molecule has 2 aromatic carbocycles. The topological polar surface area (TPSA) is 34.1 Å². The maximum atomic E-state index is 11.3. The zero-order chi connectivity index (χ0) is 13.8. The molecule has 0 radical (unpaired) electrons. The molecule has 0 N–H and O–H groups in total. The van der Waals surface area contributed by atoms with Gasteiger partial charge in [-0.25, -0.2) is 12.1 Å². The van der Waals surface area contributed by atoms with Crippen molar-refractivity contribution in [1.29, 1.82) is 0 Å². The molecule has 2 rings (SSSR count). The minimum atomic E-state index is -1.97. The van der Waals surface area contributed by atoms with Gasteiger partial charge in [-0.3, -0.25) is 9.41 Å². The molecule has 0 amide bonds. The van der Waals surface area contributed by atoms with Crippen molar-refractivity contribution < 1.29 is 40.3 Å². The van der Waals surface area contributed by atoms with Crippen LogP contribution >= 0.6 is 14.3 Å². The minimum Gasteiger partial charge on any atom is -0.333 e. The standard InChI is InChI=1S/2C7H10OP.2FH.Ti/c2*1-9(2,8)7-5-3-4-6-7;;;/h2*3-6H,1-2H3;2*1H;/q2*-1;;;+2. The molecule has 118 valence electrons. The first-order valence-corrected chi connectivity index (χ1v) is 11.0. The normalized spacial score (nSPS) is 10.1. The molecule has 2 nitrogen and oxygen atoms in total. The maximum absolute atomic E-state index is 11.3. The number of hydrogen-bond donors (Lipinski definition) is 0. The van der Waals surface area contributed by atoms with Gasteiger partial charge < -0.3 is 9.13 Å². The largest absolute Gasteiger partial charge is 2.00 e. The van der Waals surface area contributed by atoms with Gasteiger partial charge in [0.25, 0.3) is 0 Å². The maximum Gasteiger partial charge on any atom is 2.00 e. The van der Waals surface area contributed by atoms with Crippen LogP contribution in [0.3, 0.4) is 0 Å². The van der Waals surface area contributed by atoms with Crippen LogP contribution < -0.4 is 10.6 Å². The van der Waals surface area contributed by atoms with Crippen molar-refractivity contribution in [3.05, 3.63) is 48.5 Å². The van der Waals surface area contributed by atoms with Gasteiger partial charge in [0.15, 0.2) is 0 Å². The van der Waals surface area contributed by atoms with Crippen molar-refractivity contribution in [1.82, 2.24) is 0 Å². The Morgan fingerprint density at radius 2 is 1.05 bits per heavy atom. The Kier molecular flexibility index (Phi) is 12.8. The second-order valence-electron chi connectivity index (χ2n) is 4.99. The molecule has 0 fully saturated rings. The van der Waals surface area contributed by atoms with Crippen LogP contribution in [0.25, 0.3) is 0 Å². The second kappa shape index (κ2) is 10.5. The molecule has 0 aliphatic heterocycles. The van der Waals surface area contributed by atoms with Crippen LogP contribution in [0.5, 0.6) is 0 Å². The Hall–Kier alpha value is -0.266. The Morgan fingerprint density at radius 1 is 0.762 bits per heavy atom. The predicted molar refractivity (Wildman–Crippen MR) is 87.3 cm³/mol. The van der Waals surface area contributed by atoms with Gasteiger partial charge in [0, 0.05) is 0 Å². The third-order valence-corrected chi connectivity index (χ3v) is 5.62. The summed E-state index contributed by atoms with van der Waals surface area (Å²) in [5.74, 6) is 0. The summed E-state index contributed by atoms with van der Waals surface area (Å²) in [6.45, 7) is 7.12. The van der Waals surface area contributed by atoms with Crippen LogP contribution in [0.15, 0.2) is 48.5 Å². The quantitative estimate of drug-likeness (QED) is 0.460. The first-order valence-electron chi connectivity index (χ1n) is 5.76. The van der Waals surface area contributed by atoms with E-state index in [1.165, 1.54) is 0 Å². The molecule has 21 heavy (non-hydrogen) atoms. The van der Waals surface area contributed by atoms with Crippen molar-refractivity contribution in [3.63, 3.8) is 0 Å². The van der Waals surface area contributed by atoms with Crippen molar-refractivity contribution >= 4 is 24.9 Å². The van der Waals surface area contributed by atoms with Gasteiger partial charge in [0.2, 0.25) is 0 Å². The third-order valence-electron chi connectivity index (χ3n) is 2.53. The Bertz CT molecular complexity index is 502. The average molecular weight is 370 g/mol. The van der Waals surface area contributed by atoms with E-state index in [0.29, 0.717) is 0 Å². The van der Waals surface area contributed by atoms with Crippen LogP contribution in [-0.2, 0) is 30.8 Å². The summed E-state index contributed by atoms with van der Waals surface area (Å²) in [6, 6.07) is 15.3. The molecule has 2 aromatic rings. The fourth-order valence-electron chi connectivity index (χ4n) is 1.45. The molecule has 0 heterocycles. The Morgan fingerprint density at radius 3 is 1.14 bits per heavy atom. The molecule has 0 unspecified atom stereocenters. The summed E-state index contributed by atoms with van der Waals surface area (Å²) in [6.07, 6.45) is 0. The number of hydrogen-bond acceptors (Lipinski definition) is 2. The Labute approximate surface area is 140 Å². The van der Waals surface area contributed by atoms with E-state index in [1.54, 1.807) is 26.7 Å². The van der Waals surface area contributed by atoms with E-state index in [9.17, 15) is 9.13 Å². The zero-order valence-electron chi connectivity index (χ0n) is 12.6. The molecule has 0 aromatic heterocycles. The van der Waals surface area contributed by atoms with Gasteiger partial charge in [0.1, 0.15) is 0 Å². The average Bonchev–Trinajstić information content (AvgIpc) is 2.91. The van der Waals surface area contributed by atoms with Crippen LogP contribution in [-0.4, -0.2) is 26.7 Å². The monoisotopic (exact) mass is 370 g/mol. The minimum absolute atomic E-state index is 0. The van der Waals surface area contributed by atoms with E-state index in [-0.39, 0.29) is 31.1 Å². The van der Waals surface area contributed by atoms with Crippen molar-refractivity contribution in [3.8, 4) is 0 Å². The van der Waals surface area contributed by atoms with Crippen molar-refractivity contribution in [2.24, 2.45) is 0 Å². The molecule has 0 spiro atoms. The second-order valence-corrected chi connectivity index (χ2v) is 11.4. The molecule has 0 aliphatic carbocycles. The van der Waals surface area contributed by atoms with E-state index in [4.69, 9.17) is 0 Å². The van der Waals surface area contributed by atoms with Gasteiger partial charge in [-0.05, 0) is 26.7 Å². The molecule has 0 aliphatic rings. The van der Waals surface area contributed by atoms with E-state index in [0.717, 1.165) is 10.6 Å². The summed E-state index contributed by atoms with van der Waals surface area (Å²) < 4.78 is 22.6. The van der Waals surface area contributed by atoms with Crippen LogP contribution in [0.2, 0.25) is 0 Å². The number of halogens is 2. The Balaban J connectivity index is -0.000000270. The van der Waals surface area contributed by atoms with E-state index in [1.807, 2.05) is 48.5 Å². The molecular formula is C14H22F2O2P2Ti. The zero-order valence-corrected chi connectivity index (χ0v) is 16.0. The van der Waals surface area contributed by atoms with Gasteiger partial charge in [-0.15, -0.1) is 10.6 Å². The SMILES string of the molecule is CP(C)(=O)c1cc[cH-]c1.CP(C)(=O)c1cc[cH-]c1.F.F.[Ti+2]. The van der Waals surface area contributed by atoms with Crippen LogP contribution in [0.1, 0.15) is 0 Å². The van der Waals surface area contributed by atoms with Crippen LogP contribution in [0.4, 0.5) is 9.41 Å². The molecule has 0 saturated carbocycles. The first-order chi connectivity index (χ1) is 8.21. The van der Waals surface area contributed by atoms with Gasteiger partial charge in [0.05, 0.1) is 14.3 Å². The van der Waals surface area contributed by atoms with Gasteiger partial charge in [-0.1, -0.05) is 0 Å². The van der Waals surface area contributed by atoms with E-state index in [2.05, 4.69) is 0 Å². The fraction of sp³-hybridized carbons (Fsp3) is 0.286. The summed E-state index contributed by atoms with van der Waals surface area (Å²) in [7, 11) is -3.94. The third kappa shape index (κ3) is 9.37. The summed E-state index contributed by atoms with van der Waals surface area (Å²) >= 11 is 0. The van der Waals surface area contributed by atoms with E-state index < -0.39 is 14.3 Å². The summed E-state index contributed by atoms with van der Waals surface area (Å²) in [5, 5.41) is 1.95. The molecule has 0 saturated heterocycles. The number of rotatable bonds is 2. The van der Waals surface area contributed by atoms with Crippen LogP contribution in [0, 0.1) is 0 Å². The van der Waals surface area contributed by atoms with Crippen molar-refractivity contribution in [2.45, 2.75) is 0 Å². The first kappa shape index (κ1) is 25.7.